The van der Waals surface area contributed by atoms with Gasteiger partial charge in [0, 0.05) is 23.1 Å². The minimum Gasteiger partial charge on any atom is -0.497 e. The van der Waals surface area contributed by atoms with E-state index in [-0.39, 0.29) is 18.7 Å². The highest BCUT2D eigenvalue weighted by Gasteiger charge is 2.18. The molecule has 0 aliphatic rings. The number of carbonyl (C=O) groups is 1. The Labute approximate surface area is 197 Å². The maximum Gasteiger partial charge on any atom is 0.326 e. The summed E-state index contributed by atoms with van der Waals surface area (Å²) in [6.07, 6.45) is 0. The predicted molar refractivity (Wildman–Crippen MR) is 130 cm³/mol. The molecular formula is C27H25NO6. The number of methoxy groups -OCH3 is 3. The van der Waals surface area contributed by atoms with E-state index in [9.17, 15) is 9.59 Å². The van der Waals surface area contributed by atoms with Crippen molar-refractivity contribution in [3.63, 3.8) is 0 Å². The summed E-state index contributed by atoms with van der Waals surface area (Å²) in [5.41, 5.74) is 2.16. The van der Waals surface area contributed by atoms with E-state index in [1.807, 2.05) is 30.3 Å². The Hall–Kier alpha value is -4.26. The maximum atomic E-state index is 13.6. The molecule has 0 amide bonds. The minimum absolute atomic E-state index is 0.122. The number of nitrogens with zero attached hydrogens (tertiary/aromatic N) is 1. The molecule has 4 rings (SSSR count). The lowest BCUT2D eigenvalue weighted by atomic mass is 10.0. The van der Waals surface area contributed by atoms with E-state index >= 15 is 0 Å². The summed E-state index contributed by atoms with van der Waals surface area (Å²) in [6.45, 7) is -0.139. The molecule has 0 aliphatic carbocycles. The fourth-order valence-electron chi connectivity index (χ4n) is 3.75. The summed E-state index contributed by atoms with van der Waals surface area (Å²) in [4.78, 5) is 26.4. The Kier molecular flexibility index (Phi) is 6.82. The zero-order valence-corrected chi connectivity index (χ0v) is 19.2. The van der Waals surface area contributed by atoms with Gasteiger partial charge in [-0.25, -0.2) is 0 Å². The third-order valence-electron chi connectivity index (χ3n) is 5.54. The fraction of sp³-hybridized carbons (Fsp3) is 0.185. The molecule has 0 fully saturated rings. The highest BCUT2D eigenvalue weighted by Crippen LogP contribution is 2.33. The molecule has 0 radical (unpaired) electrons. The van der Waals surface area contributed by atoms with Gasteiger partial charge in [0.05, 0.1) is 26.8 Å². The Morgan fingerprint density at radius 3 is 2.18 bits per heavy atom. The zero-order valence-electron chi connectivity index (χ0n) is 19.2. The van der Waals surface area contributed by atoms with Gasteiger partial charge in [-0.05, 0) is 29.3 Å². The molecule has 0 spiro atoms. The van der Waals surface area contributed by atoms with Gasteiger partial charge in [0.1, 0.15) is 30.4 Å². The number of pyridine rings is 1. The van der Waals surface area contributed by atoms with Crippen molar-refractivity contribution in [2.24, 2.45) is 0 Å². The second kappa shape index (κ2) is 10.1. The number of aromatic nitrogens is 1. The first kappa shape index (κ1) is 22.9. The van der Waals surface area contributed by atoms with E-state index in [2.05, 4.69) is 0 Å². The molecular weight excluding hydrogens is 434 g/mol. The van der Waals surface area contributed by atoms with Gasteiger partial charge in [0.25, 0.3) is 5.56 Å². The molecule has 7 heteroatoms. The molecule has 0 saturated carbocycles. The molecule has 0 saturated heterocycles. The van der Waals surface area contributed by atoms with E-state index in [4.69, 9.17) is 18.9 Å². The van der Waals surface area contributed by atoms with E-state index in [0.717, 1.165) is 5.56 Å². The summed E-state index contributed by atoms with van der Waals surface area (Å²) < 4.78 is 23.0. The molecule has 0 unspecified atom stereocenters. The molecule has 0 aliphatic heterocycles. The Balaban J connectivity index is 1.80. The first-order valence-corrected chi connectivity index (χ1v) is 10.7. The lowest BCUT2D eigenvalue weighted by molar-refractivity contribution is -0.145. The molecule has 0 bridgehead atoms. The van der Waals surface area contributed by atoms with Gasteiger partial charge in [-0.1, -0.05) is 42.5 Å². The molecule has 0 N–H and O–H groups in total. The smallest absolute Gasteiger partial charge is 0.326 e. The Bertz CT molecular complexity index is 1360. The summed E-state index contributed by atoms with van der Waals surface area (Å²) in [5.74, 6) is 1.18. The Morgan fingerprint density at radius 1 is 0.824 bits per heavy atom. The van der Waals surface area contributed by atoms with Gasteiger partial charge in [-0.2, -0.15) is 0 Å². The van der Waals surface area contributed by atoms with Crippen LogP contribution in [0.4, 0.5) is 0 Å². The van der Waals surface area contributed by atoms with Crippen molar-refractivity contribution in [2.45, 2.75) is 13.2 Å². The van der Waals surface area contributed by atoms with Crippen LogP contribution in [0.25, 0.3) is 22.0 Å². The van der Waals surface area contributed by atoms with Crippen molar-refractivity contribution in [3.05, 3.63) is 88.7 Å². The van der Waals surface area contributed by atoms with Gasteiger partial charge in [-0.15, -0.1) is 0 Å². The third kappa shape index (κ3) is 4.73. The van der Waals surface area contributed by atoms with Crippen molar-refractivity contribution in [1.82, 2.24) is 4.57 Å². The third-order valence-corrected chi connectivity index (χ3v) is 5.54. The summed E-state index contributed by atoms with van der Waals surface area (Å²) in [6, 6.07) is 21.8. The zero-order chi connectivity index (χ0) is 24.1. The lowest BCUT2D eigenvalue weighted by Gasteiger charge is -2.16. The van der Waals surface area contributed by atoms with Crippen molar-refractivity contribution in [3.8, 4) is 28.4 Å². The van der Waals surface area contributed by atoms with Crippen LogP contribution in [0, 0.1) is 0 Å². The van der Waals surface area contributed by atoms with Crippen LogP contribution in [0.1, 0.15) is 5.56 Å². The van der Waals surface area contributed by atoms with E-state index in [1.54, 1.807) is 56.7 Å². The number of benzene rings is 3. The summed E-state index contributed by atoms with van der Waals surface area (Å²) in [7, 11) is 4.66. The van der Waals surface area contributed by atoms with Crippen LogP contribution in [0.5, 0.6) is 17.2 Å². The number of hydrogen-bond acceptors (Lipinski definition) is 6. The van der Waals surface area contributed by atoms with Crippen LogP contribution in [-0.2, 0) is 22.7 Å². The van der Waals surface area contributed by atoms with Crippen molar-refractivity contribution < 1.29 is 23.7 Å². The normalized spacial score (nSPS) is 10.7. The SMILES string of the molecule is COc1ccc(-c2cc3c(OC)cc(OC)cc3n(CC(=O)OCc3ccccc3)c2=O)cc1. The van der Waals surface area contributed by atoms with Gasteiger partial charge in [-0.3, -0.25) is 14.2 Å². The van der Waals surface area contributed by atoms with Crippen LogP contribution in [-0.4, -0.2) is 31.9 Å². The lowest BCUT2D eigenvalue weighted by Crippen LogP contribution is -2.27. The van der Waals surface area contributed by atoms with Gasteiger partial charge >= 0.3 is 5.97 Å². The standard InChI is InChI=1S/C27H25NO6/c1-31-20-11-9-19(10-12-20)22-15-23-24(13-21(32-2)14-25(23)33-3)28(27(22)30)16-26(29)34-17-18-7-5-4-6-8-18/h4-15H,16-17H2,1-3H3. The highest BCUT2D eigenvalue weighted by molar-refractivity contribution is 5.91. The topological polar surface area (TPSA) is 76.0 Å². The molecule has 4 aromatic rings. The molecule has 174 valence electrons. The number of hydrogen-bond donors (Lipinski definition) is 0. The van der Waals surface area contributed by atoms with Crippen molar-refractivity contribution in [1.29, 1.82) is 0 Å². The molecule has 0 atom stereocenters. The predicted octanol–water partition coefficient (Wildman–Crippen LogP) is 4.44. The number of fused-ring (bicyclic) bond motifs is 1. The average Bonchev–Trinajstić information content (AvgIpc) is 2.89. The molecule has 7 nitrogen and oxygen atoms in total. The monoisotopic (exact) mass is 459 g/mol. The van der Waals surface area contributed by atoms with Gasteiger partial charge < -0.3 is 18.9 Å². The van der Waals surface area contributed by atoms with Crippen LogP contribution >= 0.6 is 0 Å². The summed E-state index contributed by atoms with van der Waals surface area (Å²) >= 11 is 0. The average molecular weight is 459 g/mol. The van der Waals surface area contributed by atoms with Crippen molar-refractivity contribution >= 4 is 16.9 Å². The maximum absolute atomic E-state index is 13.6. The molecule has 3 aromatic carbocycles. The fourth-order valence-corrected chi connectivity index (χ4v) is 3.75. The number of carbonyl (C=O) groups excluding carboxylic acids is 1. The van der Waals surface area contributed by atoms with Crippen LogP contribution in [0.2, 0.25) is 0 Å². The van der Waals surface area contributed by atoms with Crippen LogP contribution in [0.3, 0.4) is 0 Å². The van der Waals surface area contributed by atoms with E-state index in [1.165, 1.54) is 11.7 Å². The summed E-state index contributed by atoms with van der Waals surface area (Å²) in [5, 5.41) is 0.671. The first-order valence-electron chi connectivity index (χ1n) is 10.7. The van der Waals surface area contributed by atoms with Gasteiger partial charge in [0.15, 0.2) is 0 Å². The number of esters is 1. The molecule has 1 heterocycles. The van der Waals surface area contributed by atoms with Crippen LogP contribution in [0.15, 0.2) is 77.6 Å². The quantitative estimate of drug-likeness (QED) is 0.363. The molecule has 1 aromatic heterocycles. The molecule has 34 heavy (non-hydrogen) atoms. The minimum atomic E-state index is -0.527. The van der Waals surface area contributed by atoms with Crippen molar-refractivity contribution in [2.75, 3.05) is 21.3 Å². The van der Waals surface area contributed by atoms with E-state index in [0.29, 0.717) is 39.3 Å². The largest absolute Gasteiger partial charge is 0.497 e. The second-order valence-electron chi connectivity index (χ2n) is 7.59. The number of ether oxygens (including phenoxy) is 4. The first-order chi connectivity index (χ1) is 16.5. The Morgan fingerprint density at radius 2 is 1.53 bits per heavy atom. The highest BCUT2D eigenvalue weighted by atomic mass is 16.5. The van der Waals surface area contributed by atoms with Crippen LogP contribution < -0.4 is 19.8 Å². The van der Waals surface area contributed by atoms with Gasteiger partial charge in [0.2, 0.25) is 0 Å². The van der Waals surface area contributed by atoms with E-state index < -0.39 is 5.97 Å². The second-order valence-corrected chi connectivity index (χ2v) is 7.59. The number of rotatable bonds is 8.